The number of carbonyl (C=O) groups excluding carboxylic acids is 1. The minimum absolute atomic E-state index is 0. The lowest BCUT2D eigenvalue weighted by Crippen LogP contribution is -2.36. The average molecular weight is 456 g/mol. The third kappa shape index (κ3) is 5.15. The van der Waals surface area contributed by atoms with Crippen molar-refractivity contribution in [3.8, 4) is 5.75 Å². The summed E-state index contributed by atoms with van der Waals surface area (Å²) in [6, 6.07) is 19.8. The molecule has 31 heavy (non-hydrogen) atoms. The van der Waals surface area contributed by atoms with Gasteiger partial charge in [0.05, 0.1) is 16.8 Å². The van der Waals surface area contributed by atoms with Gasteiger partial charge in [-0.25, -0.2) is 4.98 Å². The number of aromatic nitrogens is 1. The van der Waals surface area contributed by atoms with Crippen LogP contribution in [0.5, 0.6) is 5.75 Å². The molecular formula is C24H26ClN3O2S. The van der Waals surface area contributed by atoms with E-state index in [1.54, 1.807) is 4.90 Å². The number of hydrogen-bond donors (Lipinski definition) is 0. The van der Waals surface area contributed by atoms with Crippen molar-refractivity contribution in [2.45, 2.75) is 6.92 Å². The van der Waals surface area contributed by atoms with Crippen molar-refractivity contribution >= 4 is 55.8 Å². The maximum absolute atomic E-state index is 13.5. The van der Waals surface area contributed by atoms with Crippen LogP contribution in [0.25, 0.3) is 21.0 Å². The number of hydrogen-bond acceptors (Lipinski definition) is 5. The highest BCUT2D eigenvalue weighted by Crippen LogP contribution is 2.32. The Bertz CT molecular complexity index is 1190. The fraction of sp³-hybridized carbons (Fsp3) is 0.250. The van der Waals surface area contributed by atoms with Gasteiger partial charge in [0.15, 0.2) is 5.13 Å². The molecule has 0 fully saturated rings. The number of halogens is 1. The zero-order valence-electron chi connectivity index (χ0n) is 17.9. The molecule has 1 heterocycles. The fourth-order valence-electron chi connectivity index (χ4n) is 3.33. The Kier molecular flexibility index (Phi) is 7.49. The number of amides is 1. The predicted molar refractivity (Wildman–Crippen MR) is 132 cm³/mol. The second kappa shape index (κ2) is 10.1. The summed E-state index contributed by atoms with van der Waals surface area (Å²) < 4.78 is 6.62. The first kappa shape index (κ1) is 23.0. The normalized spacial score (nSPS) is 11.0. The quantitative estimate of drug-likeness (QED) is 0.370. The van der Waals surface area contributed by atoms with Gasteiger partial charge in [-0.1, -0.05) is 41.7 Å². The summed E-state index contributed by atoms with van der Waals surface area (Å²) in [7, 11) is 4.01. The molecule has 1 aromatic heterocycles. The van der Waals surface area contributed by atoms with Crippen LogP contribution in [0.2, 0.25) is 0 Å². The number of likely N-dealkylation sites (N-methyl/N-ethyl adjacent to an activating group) is 1. The molecule has 0 aliphatic rings. The molecule has 0 atom stereocenters. The predicted octanol–water partition coefficient (Wildman–Crippen LogP) is 5.48. The van der Waals surface area contributed by atoms with Gasteiger partial charge in [0.1, 0.15) is 5.75 Å². The maximum Gasteiger partial charge on any atom is 0.260 e. The number of ether oxygens (including phenoxy) is 1. The van der Waals surface area contributed by atoms with E-state index >= 15 is 0 Å². The van der Waals surface area contributed by atoms with Gasteiger partial charge in [0, 0.05) is 18.7 Å². The summed E-state index contributed by atoms with van der Waals surface area (Å²) in [5.41, 5.74) is 1.54. The molecular weight excluding hydrogens is 430 g/mol. The molecule has 4 aromatic rings. The van der Waals surface area contributed by atoms with E-state index in [9.17, 15) is 4.79 Å². The highest BCUT2D eigenvalue weighted by molar-refractivity contribution is 7.22. The summed E-state index contributed by atoms with van der Waals surface area (Å²) in [4.78, 5) is 22.1. The lowest BCUT2D eigenvalue weighted by molar-refractivity contribution is 0.0985. The van der Waals surface area contributed by atoms with Crippen LogP contribution in [0, 0.1) is 0 Å². The molecule has 0 unspecified atom stereocenters. The Morgan fingerprint density at radius 2 is 1.77 bits per heavy atom. The van der Waals surface area contributed by atoms with Gasteiger partial charge < -0.3 is 9.64 Å². The zero-order chi connectivity index (χ0) is 21.1. The largest absolute Gasteiger partial charge is 0.494 e. The molecule has 3 aromatic carbocycles. The number of nitrogens with zero attached hydrogens (tertiary/aromatic N) is 3. The third-order valence-corrected chi connectivity index (χ3v) is 5.94. The monoisotopic (exact) mass is 455 g/mol. The minimum Gasteiger partial charge on any atom is -0.494 e. The Labute approximate surface area is 192 Å². The first-order valence-corrected chi connectivity index (χ1v) is 10.9. The molecule has 1 amide bonds. The second-order valence-electron chi connectivity index (χ2n) is 7.38. The van der Waals surface area contributed by atoms with Crippen LogP contribution in [0.3, 0.4) is 0 Å². The van der Waals surface area contributed by atoms with Crippen molar-refractivity contribution in [3.63, 3.8) is 0 Å². The number of benzene rings is 3. The van der Waals surface area contributed by atoms with E-state index in [0.29, 0.717) is 23.8 Å². The summed E-state index contributed by atoms with van der Waals surface area (Å²) in [5, 5.41) is 2.89. The lowest BCUT2D eigenvalue weighted by atomic mass is 10.1. The minimum atomic E-state index is -0.0355. The van der Waals surface area contributed by atoms with Gasteiger partial charge in [-0.05, 0) is 62.1 Å². The Morgan fingerprint density at radius 3 is 2.52 bits per heavy atom. The Balaban J connectivity index is 0.00000272. The average Bonchev–Trinajstić information content (AvgIpc) is 3.16. The van der Waals surface area contributed by atoms with Crippen LogP contribution in [0.4, 0.5) is 5.13 Å². The molecule has 0 saturated heterocycles. The summed E-state index contributed by atoms with van der Waals surface area (Å²) >= 11 is 1.52. The zero-order valence-corrected chi connectivity index (χ0v) is 19.5. The van der Waals surface area contributed by atoms with E-state index in [2.05, 4.69) is 11.0 Å². The number of carbonyl (C=O) groups is 1. The third-order valence-electron chi connectivity index (χ3n) is 4.90. The van der Waals surface area contributed by atoms with Crippen LogP contribution in [-0.4, -0.2) is 49.6 Å². The first-order valence-electron chi connectivity index (χ1n) is 10.0. The molecule has 0 saturated carbocycles. The van der Waals surface area contributed by atoms with Crippen molar-refractivity contribution < 1.29 is 9.53 Å². The molecule has 4 rings (SSSR count). The van der Waals surface area contributed by atoms with Crippen molar-refractivity contribution in [1.82, 2.24) is 9.88 Å². The van der Waals surface area contributed by atoms with Crippen molar-refractivity contribution in [2.75, 3.05) is 38.7 Å². The van der Waals surface area contributed by atoms with E-state index in [4.69, 9.17) is 9.72 Å². The number of anilines is 1. The molecule has 7 heteroatoms. The van der Waals surface area contributed by atoms with E-state index in [1.165, 1.54) is 11.3 Å². The van der Waals surface area contributed by atoms with E-state index in [1.807, 2.05) is 75.6 Å². The first-order chi connectivity index (χ1) is 14.5. The number of thiazole rings is 1. The smallest absolute Gasteiger partial charge is 0.260 e. The van der Waals surface area contributed by atoms with Gasteiger partial charge in [0.2, 0.25) is 0 Å². The van der Waals surface area contributed by atoms with Gasteiger partial charge in [-0.15, -0.1) is 12.4 Å². The molecule has 0 aliphatic carbocycles. The molecule has 0 bridgehead atoms. The van der Waals surface area contributed by atoms with Gasteiger partial charge >= 0.3 is 0 Å². The summed E-state index contributed by atoms with van der Waals surface area (Å²) in [6.45, 7) is 3.90. The lowest BCUT2D eigenvalue weighted by Gasteiger charge is -2.22. The topological polar surface area (TPSA) is 45.7 Å². The van der Waals surface area contributed by atoms with Crippen LogP contribution < -0.4 is 9.64 Å². The van der Waals surface area contributed by atoms with Crippen LogP contribution in [0.1, 0.15) is 17.3 Å². The Hall–Kier alpha value is -2.67. The van der Waals surface area contributed by atoms with Crippen molar-refractivity contribution in [3.05, 3.63) is 66.2 Å². The molecule has 5 nitrogen and oxygen atoms in total. The van der Waals surface area contributed by atoms with E-state index in [-0.39, 0.29) is 18.3 Å². The number of rotatable bonds is 7. The van der Waals surface area contributed by atoms with Crippen molar-refractivity contribution in [2.24, 2.45) is 0 Å². The molecule has 0 aliphatic heterocycles. The summed E-state index contributed by atoms with van der Waals surface area (Å²) in [6.07, 6.45) is 0. The van der Waals surface area contributed by atoms with E-state index in [0.717, 1.165) is 33.3 Å². The molecule has 0 spiro atoms. The van der Waals surface area contributed by atoms with Crippen LogP contribution >= 0.6 is 23.7 Å². The van der Waals surface area contributed by atoms with Crippen LogP contribution in [-0.2, 0) is 0 Å². The maximum atomic E-state index is 13.5. The van der Waals surface area contributed by atoms with Gasteiger partial charge in [-0.2, -0.15) is 0 Å². The fourth-order valence-corrected chi connectivity index (χ4v) is 4.35. The van der Waals surface area contributed by atoms with E-state index < -0.39 is 0 Å². The molecule has 0 radical (unpaired) electrons. The highest BCUT2D eigenvalue weighted by Gasteiger charge is 2.22. The van der Waals surface area contributed by atoms with Crippen molar-refractivity contribution in [1.29, 1.82) is 0 Å². The standard InChI is InChI=1S/C24H25N3O2S.ClH/c1-4-29-20-11-12-21-22(16-20)30-24(25-21)27(14-13-26(2)3)23(28)19-10-9-17-7-5-6-8-18(17)15-19;/h5-12,15-16H,4,13-14H2,1-3H3;1H. The second-order valence-corrected chi connectivity index (χ2v) is 8.39. The number of fused-ring (bicyclic) bond motifs is 2. The summed E-state index contributed by atoms with van der Waals surface area (Å²) in [5.74, 6) is 0.785. The van der Waals surface area contributed by atoms with Gasteiger partial charge in [0.25, 0.3) is 5.91 Å². The highest BCUT2D eigenvalue weighted by atomic mass is 35.5. The Morgan fingerprint density at radius 1 is 1.00 bits per heavy atom. The molecule has 162 valence electrons. The van der Waals surface area contributed by atoms with Gasteiger partial charge in [-0.3, -0.25) is 9.69 Å². The van der Waals surface area contributed by atoms with Crippen LogP contribution in [0.15, 0.2) is 60.7 Å². The molecule has 0 N–H and O–H groups in total. The SMILES string of the molecule is CCOc1ccc2nc(N(CCN(C)C)C(=O)c3ccc4ccccc4c3)sc2c1.Cl.